The Kier molecular flexibility index (Phi) is 4.96. The zero-order valence-corrected chi connectivity index (χ0v) is 12.5. The van der Waals surface area contributed by atoms with Crippen LogP contribution >= 0.6 is 0 Å². The smallest absolute Gasteiger partial charge is 0.165 e. The van der Waals surface area contributed by atoms with Crippen molar-refractivity contribution in [3.63, 3.8) is 0 Å². The van der Waals surface area contributed by atoms with Crippen LogP contribution in [-0.2, 0) is 6.42 Å². The average Bonchev–Trinajstić information content (AvgIpc) is 2.41. The van der Waals surface area contributed by atoms with Gasteiger partial charge < -0.3 is 15.4 Å². The number of ether oxygens (including phenoxy) is 1. The average molecular weight is 281 g/mol. The Labute approximate surface area is 120 Å². The predicted molar refractivity (Wildman–Crippen MR) is 78.5 cm³/mol. The van der Waals surface area contributed by atoms with Crippen molar-refractivity contribution in [3.8, 4) is 5.75 Å². The van der Waals surface area contributed by atoms with Gasteiger partial charge in [-0.3, -0.25) is 4.90 Å². The molecular formula is C15H24FN3O. The zero-order valence-electron chi connectivity index (χ0n) is 12.5. The van der Waals surface area contributed by atoms with Crippen LogP contribution in [0.4, 0.5) is 4.39 Å². The molecule has 4 nitrogen and oxygen atoms in total. The van der Waals surface area contributed by atoms with Crippen LogP contribution < -0.4 is 10.5 Å². The maximum Gasteiger partial charge on any atom is 0.165 e. The highest BCUT2D eigenvalue weighted by atomic mass is 19.1. The van der Waals surface area contributed by atoms with Crippen LogP contribution in [0.5, 0.6) is 5.75 Å². The van der Waals surface area contributed by atoms with Gasteiger partial charge in [0.2, 0.25) is 0 Å². The standard InChI is InChI=1S/C15H24FN3O/c1-18-6-7-19(2)14(10-18)13(17)9-11-4-5-15(20-3)12(16)8-11/h4-5,8,13-14H,6-7,9-10,17H2,1-3H3. The molecule has 5 heteroatoms. The van der Waals surface area contributed by atoms with Crippen molar-refractivity contribution in [1.82, 2.24) is 9.80 Å². The minimum atomic E-state index is -0.327. The van der Waals surface area contributed by atoms with Gasteiger partial charge in [0.25, 0.3) is 0 Å². The molecule has 0 spiro atoms. The van der Waals surface area contributed by atoms with Gasteiger partial charge in [-0.2, -0.15) is 0 Å². The first-order valence-electron chi connectivity index (χ1n) is 6.98. The molecule has 2 N–H and O–H groups in total. The van der Waals surface area contributed by atoms with E-state index in [1.807, 2.05) is 6.07 Å². The van der Waals surface area contributed by atoms with E-state index >= 15 is 0 Å². The lowest BCUT2D eigenvalue weighted by molar-refractivity contribution is 0.0973. The third-order valence-corrected chi connectivity index (χ3v) is 4.08. The van der Waals surface area contributed by atoms with E-state index in [1.165, 1.54) is 13.2 Å². The van der Waals surface area contributed by atoms with Gasteiger partial charge in [0.05, 0.1) is 7.11 Å². The second-order valence-corrected chi connectivity index (χ2v) is 5.65. The van der Waals surface area contributed by atoms with Gasteiger partial charge in [-0.05, 0) is 38.2 Å². The molecule has 1 aromatic rings. The van der Waals surface area contributed by atoms with Crippen molar-refractivity contribution < 1.29 is 9.13 Å². The maximum absolute atomic E-state index is 13.7. The number of nitrogens with zero attached hydrogens (tertiary/aromatic N) is 2. The van der Waals surface area contributed by atoms with Crippen LogP contribution in [0.3, 0.4) is 0 Å². The Morgan fingerprint density at radius 2 is 2.15 bits per heavy atom. The van der Waals surface area contributed by atoms with E-state index in [0.29, 0.717) is 12.5 Å². The fourth-order valence-electron chi connectivity index (χ4n) is 2.75. The first kappa shape index (κ1) is 15.2. The highest BCUT2D eigenvalue weighted by molar-refractivity contribution is 5.29. The molecule has 1 aromatic carbocycles. The van der Waals surface area contributed by atoms with Crippen molar-refractivity contribution in [2.75, 3.05) is 40.8 Å². The van der Waals surface area contributed by atoms with E-state index in [2.05, 4.69) is 23.9 Å². The fraction of sp³-hybridized carbons (Fsp3) is 0.600. The van der Waals surface area contributed by atoms with Gasteiger partial charge >= 0.3 is 0 Å². The quantitative estimate of drug-likeness (QED) is 0.892. The topological polar surface area (TPSA) is 41.7 Å². The van der Waals surface area contributed by atoms with E-state index in [0.717, 1.165) is 25.2 Å². The number of hydrogen-bond acceptors (Lipinski definition) is 4. The van der Waals surface area contributed by atoms with Crippen LogP contribution in [0.15, 0.2) is 18.2 Å². The van der Waals surface area contributed by atoms with Crippen molar-refractivity contribution in [2.45, 2.75) is 18.5 Å². The molecule has 1 fully saturated rings. The van der Waals surface area contributed by atoms with Crippen LogP contribution in [-0.4, -0.2) is 62.7 Å². The summed E-state index contributed by atoms with van der Waals surface area (Å²) in [6.07, 6.45) is 0.670. The molecular weight excluding hydrogens is 257 g/mol. The molecule has 0 saturated carbocycles. The van der Waals surface area contributed by atoms with Crippen LogP contribution in [0.25, 0.3) is 0 Å². The number of rotatable bonds is 4. The van der Waals surface area contributed by atoms with Gasteiger partial charge in [-0.15, -0.1) is 0 Å². The summed E-state index contributed by atoms with van der Waals surface area (Å²) in [6.45, 7) is 3.04. The Balaban J connectivity index is 2.03. The number of methoxy groups -OCH3 is 1. The van der Waals surface area contributed by atoms with Crippen molar-refractivity contribution in [1.29, 1.82) is 0 Å². The summed E-state index contributed by atoms with van der Waals surface area (Å²) in [4.78, 5) is 4.59. The first-order valence-corrected chi connectivity index (χ1v) is 6.98. The number of hydrogen-bond donors (Lipinski definition) is 1. The van der Waals surface area contributed by atoms with Crippen molar-refractivity contribution in [3.05, 3.63) is 29.6 Å². The van der Waals surface area contributed by atoms with Crippen LogP contribution in [0.2, 0.25) is 0 Å². The first-order chi connectivity index (χ1) is 9.51. The second-order valence-electron chi connectivity index (χ2n) is 5.65. The molecule has 112 valence electrons. The Bertz CT molecular complexity index is 455. The monoisotopic (exact) mass is 281 g/mol. The van der Waals surface area contributed by atoms with Gasteiger partial charge in [-0.1, -0.05) is 6.07 Å². The SMILES string of the molecule is COc1ccc(CC(N)C2CN(C)CCN2C)cc1F. The summed E-state index contributed by atoms with van der Waals surface area (Å²) in [5.41, 5.74) is 7.25. The van der Waals surface area contributed by atoms with E-state index in [-0.39, 0.29) is 17.6 Å². The summed E-state index contributed by atoms with van der Waals surface area (Å²) < 4.78 is 18.6. The summed E-state index contributed by atoms with van der Waals surface area (Å²) in [6, 6.07) is 5.36. The van der Waals surface area contributed by atoms with E-state index in [4.69, 9.17) is 10.5 Å². The number of likely N-dealkylation sites (N-methyl/N-ethyl adjacent to an activating group) is 2. The molecule has 1 aliphatic heterocycles. The van der Waals surface area contributed by atoms with E-state index in [1.54, 1.807) is 6.07 Å². The Hall–Kier alpha value is -1.17. The molecule has 2 unspecified atom stereocenters. The molecule has 1 aliphatic rings. The van der Waals surface area contributed by atoms with Crippen LogP contribution in [0.1, 0.15) is 5.56 Å². The highest BCUT2D eigenvalue weighted by Gasteiger charge is 2.27. The lowest BCUT2D eigenvalue weighted by Crippen LogP contribution is -2.58. The van der Waals surface area contributed by atoms with Gasteiger partial charge in [0.1, 0.15) is 0 Å². The minimum Gasteiger partial charge on any atom is -0.494 e. The Morgan fingerprint density at radius 3 is 2.80 bits per heavy atom. The predicted octanol–water partition coefficient (Wildman–Crippen LogP) is 0.950. The molecule has 1 heterocycles. The largest absolute Gasteiger partial charge is 0.494 e. The number of piperazine rings is 1. The molecule has 2 rings (SSSR count). The summed E-state index contributed by atoms with van der Waals surface area (Å²) in [5.74, 6) is -0.0526. The lowest BCUT2D eigenvalue weighted by atomic mass is 9.97. The molecule has 0 aromatic heterocycles. The fourth-order valence-corrected chi connectivity index (χ4v) is 2.75. The molecule has 0 aliphatic carbocycles. The van der Waals surface area contributed by atoms with E-state index in [9.17, 15) is 4.39 Å². The maximum atomic E-state index is 13.7. The summed E-state index contributed by atoms with van der Waals surface area (Å²) in [7, 11) is 5.68. The molecule has 2 atom stereocenters. The number of benzene rings is 1. The zero-order chi connectivity index (χ0) is 14.7. The summed E-state index contributed by atoms with van der Waals surface area (Å²) in [5, 5.41) is 0. The minimum absolute atomic E-state index is 0.00413. The highest BCUT2D eigenvalue weighted by Crippen LogP contribution is 2.19. The normalized spacial score (nSPS) is 22.8. The lowest BCUT2D eigenvalue weighted by Gasteiger charge is -2.40. The third kappa shape index (κ3) is 3.48. The summed E-state index contributed by atoms with van der Waals surface area (Å²) >= 11 is 0. The number of halogens is 1. The number of nitrogens with two attached hydrogens (primary N) is 1. The molecule has 20 heavy (non-hydrogen) atoms. The van der Waals surface area contributed by atoms with Crippen LogP contribution in [0, 0.1) is 5.82 Å². The van der Waals surface area contributed by atoms with Gasteiger partial charge in [-0.25, -0.2) is 4.39 Å². The van der Waals surface area contributed by atoms with Gasteiger partial charge in [0, 0.05) is 31.7 Å². The third-order valence-electron chi connectivity index (χ3n) is 4.08. The second kappa shape index (κ2) is 6.52. The van der Waals surface area contributed by atoms with Crippen molar-refractivity contribution in [2.24, 2.45) is 5.73 Å². The molecule has 0 radical (unpaired) electrons. The van der Waals surface area contributed by atoms with Crippen molar-refractivity contribution >= 4 is 0 Å². The molecule has 0 amide bonds. The Morgan fingerprint density at radius 1 is 1.40 bits per heavy atom. The van der Waals surface area contributed by atoms with E-state index < -0.39 is 0 Å². The molecule has 0 bridgehead atoms. The van der Waals surface area contributed by atoms with Gasteiger partial charge in [0.15, 0.2) is 11.6 Å². The molecule has 1 saturated heterocycles.